The molecule has 0 bridgehead atoms. The second-order valence-corrected chi connectivity index (χ2v) is 9.30. The molecular formula is C19H24N6OS2. The number of rotatable bonds is 6. The number of aryl methyl sites for hydroxylation is 4. The summed E-state index contributed by atoms with van der Waals surface area (Å²) in [5.74, 6) is -0.0803. The van der Waals surface area contributed by atoms with Crippen LogP contribution in [0.2, 0.25) is 0 Å². The largest absolute Gasteiger partial charge is 0.330 e. The molecule has 28 heavy (non-hydrogen) atoms. The van der Waals surface area contributed by atoms with Crippen molar-refractivity contribution in [2.75, 3.05) is 10.6 Å². The van der Waals surface area contributed by atoms with Crippen molar-refractivity contribution in [1.29, 1.82) is 0 Å². The van der Waals surface area contributed by atoms with Gasteiger partial charge in [0.15, 0.2) is 4.34 Å². The third-order valence-corrected chi connectivity index (χ3v) is 6.46. The van der Waals surface area contributed by atoms with Gasteiger partial charge in [-0.25, -0.2) is 0 Å². The van der Waals surface area contributed by atoms with Gasteiger partial charge in [-0.3, -0.25) is 9.48 Å². The molecule has 148 valence electrons. The highest BCUT2D eigenvalue weighted by Gasteiger charge is 2.20. The predicted molar refractivity (Wildman–Crippen MR) is 116 cm³/mol. The maximum atomic E-state index is 12.6. The highest BCUT2D eigenvalue weighted by atomic mass is 32.2. The van der Waals surface area contributed by atoms with Gasteiger partial charge in [0.1, 0.15) is 0 Å². The molecule has 1 aromatic carbocycles. The van der Waals surface area contributed by atoms with Crippen molar-refractivity contribution in [3.63, 3.8) is 0 Å². The lowest BCUT2D eigenvalue weighted by molar-refractivity contribution is -0.115. The van der Waals surface area contributed by atoms with E-state index >= 15 is 0 Å². The first-order chi connectivity index (χ1) is 13.2. The van der Waals surface area contributed by atoms with Crippen molar-refractivity contribution in [3.8, 4) is 0 Å². The number of nitrogens with zero attached hydrogens (tertiary/aromatic N) is 4. The Morgan fingerprint density at radius 3 is 2.61 bits per heavy atom. The summed E-state index contributed by atoms with van der Waals surface area (Å²) in [6, 6.07) is 6.21. The van der Waals surface area contributed by atoms with E-state index in [2.05, 4.69) is 51.9 Å². The lowest BCUT2D eigenvalue weighted by Gasteiger charge is -2.10. The molecule has 0 unspecified atom stereocenters. The van der Waals surface area contributed by atoms with Crippen LogP contribution in [0.5, 0.6) is 0 Å². The van der Waals surface area contributed by atoms with Crippen LogP contribution in [0.1, 0.15) is 29.4 Å². The van der Waals surface area contributed by atoms with Gasteiger partial charge in [0.25, 0.3) is 0 Å². The quantitative estimate of drug-likeness (QED) is 0.581. The van der Waals surface area contributed by atoms with E-state index in [4.69, 9.17) is 0 Å². The first-order valence-corrected chi connectivity index (χ1v) is 10.6. The van der Waals surface area contributed by atoms with Gasteiger partial charge in [0.05, 0.1) is 22.3 Å². The summed E-state index contributed by atoms with van der Waals surface area (Å²) < 4.78 is 2.51. The number of benzene rings is 1. The van der Waals surface area contributed by atoms with Crippen LogP contribution in [0.15, 0.2) is 22.5 Å². The van der Waals surface area contributed by atoms with Crippen LogP contribution in [-0.2, 0) is 11.8 Å². The smallest absolute Gasteiger partial charge is 0.237 e. The van der Waals surface area contributed by atoms with Crippen LogP contribution in [0, 0.1) is 27.7 Å². The second kappa shape index (κ2) is 8.32. The number of hydrogen-bond acceptors (Lipinski definition) is 7. The molecule has 0 aliphatic heterocycles. The van der Waals surface area contributed by atoms with Crippen LogP contribution in [0.4, 0.5) is 16.5 Å². The molecule has 2 aromatic heterocycles. The number of nitrogens with one attached hydrogen (secondary N) is 2. The molecule has 3 rings (SSSR count). The summed E-state index contributed by atoms with van der Waals surface area (Å²) in [6.07, 6.45) is 0. The van der Waals surface area contributed by atoms with Gasteiger partial charge in [-0.05, 0) is 46.2 Å². The highest BCUT2D eigenvalue weighted by Crippen LogP contribution is 2.32. The number of carbonyl (C=O) groups excluding carboxylic acids is 1. The van der Waals surface area contributed by atoms with E-state index in [1.165, 1.54) is 28.7 Å². The van der Waals surface area contributed by atoms with E-state index in [0.717, 1.165) is 32.7 Å². The minimum Gasteiger partial charge on any atom is -0.330 e. The maximum Gasteiger partial charge on any atom is 0.237 e. The Morgan fingerprint density at radius 2 is 1.96 bits per heavy atom. The fourth-order valence-electron chi connectivity index (χ4n) is 2.76. The molecule has 2 heterocycles. The highest BCUT2D eigenvalue weighted by molar-refractivity contribution is 8.02. The molecule has 7 nitrogen and oxygen atoms in total. The Balaban J connectivity index is 1.63. The Kier molecular flexibility index (Phi) is 6.04. The average molecular weight is 417 g/mol. The molecule has 2 N–H and O–H groups in total. The van der Waals surface area contributed by atoms with Gasteiger partial charge in [0, 0.05) is 12.7 Å². The molecule has 0 saturated carbocycles. The van der Waals surface area contributed by atoms with Gasteiger partial charge in [0.2, 0.25) is 11.0 Å². The molecule has 0 aliphatic carbocycles. The van der Waals surface area contributed by atoms with Crippen molar-refractivity contribution >= 4 is 45.5 Å². The van der Waals surface area contributed by atoms with E-state index < -0.39 is 0 Å². The molecule has 9 heteroatoms. The van der Waals surface area contributed by atoms with E-state index in [-0.39, 0.29) is 11.2 Å². The zero-order valence-corrected chi connectivity index (χ0v) is 18.5. The summed E-state index contributed by atoms with van der Waals surface area (Å²) in [6.45, 7) is 9.80. The Labute approximate surface area is 173 Å². The summed E-state index contributed by atoms with van der Waals surface area (Å²) in [7, 11) is 1.86. The van der Waals surface area contributed by atoms with Crippen molar-refractivity contribution in [1.82, 2.24) is 20.0 Å². The predicted octanol–water partition coefficient (Wildman–Crippen LogP) is 4.37. The maximum absolute atomic E-state index is 12.6. The lowest BCUT2D eigenvalue weighted by atomic mass is 10.1. The van der Waals surface area contributed by atoms with Gasteiger partial charge in [-0.2, -0.15) is 5.10 Å². The fraction of sp³-hybridized carbons (Fsp3) is 0.368. The molecular weight excluding hydrogens is 392 g/mol. The first kappa shape index (κ1) is 20.3. The standard InChI is InChI=1S/C19H24N6OS2/c1-10-7-8-15(11(2)9-10)20-18-22-23-19(28-18)27-14(5)17(26)21-16-12(3)24-25(6)13(16)4/h7-9,14H,1-6H3,(H,20,22)(H,21,26)/t14-/m1/s1. The zero-order chi connectivity index (χ0) is 20.4. The Hall–Kier alpha value is -2.39. The zero-order valence-electron chi connectivity index (χ0n) is 16.8. The molecule has 1 amide bonds. The number of aromatic nitrogens is 4. The van der Waals surface area contributed by atoms with Crippen LogP contribution in [0.25, 0.3) is 0 Å². The molecule has 0 fully saturated rings. The van der Waals surface area contributed by atoms with E-state index in [1.807, 2.05) is 33.9 Å². The summed E-state index contributed by atoms with van der Waals surface area (Å²) in [4.78, 5) is 12.6. The molecule has 1 atom stereocenters. The minimum absolute atomic E-state index is 0.0803. The summed E-state index contributed by atoms with van der Waals surface area (Å²) >= 11 is 2.83. The van der Waals surface area contributed by atoms with Crippen molar-refractivity contribution < 1.29 is 4.79 Å². The fourth-order valence-corrected chi connectivity index (χ4v) is 4.67. The number of thioether (sulfide) groups is 1. The minimum atomic E-state index is -0.305. The lowest BCUT2D eigenvalue weighted by Crippen LogP contribution is -2.23. The third-order valence-electron chi connectivity index (χ3n) is 4.43. The number of amides is 1. The van der Waals surface area contributed by atoms with Crippen LogP contribution < -0.4 is 10.6 Å². The topological polar surface area (TPSA) is 84.7 Å². The third kappa shape index (κ3) is 4.53. The second-order valence-electron chi connectivity index (χ2n) is 6.74. The molecule has 0 saturated heterocycles. The number of hydrogen-bond donors (Lipinski definition) is 2. The van der Waals surface area contributed by atoms with E-state index in [1.54, 1.807) is 4.68 Å². The normalized spacial score (nSPS) is 12.1. The first-order valence-electron chi connectivity index (χ1n) is 8.90. The summed E-state index contributed by atoms with van der Waals surface area (Å²) in [5, 5.41) is 19.4. The van der Waals surface area contributed by atoms with Crippen LogP contribution in [-0.4, -0.2) is 31.1 Å². The van der Waals surface area contributed by atoms with Crippen molar-refractivity contribution in [2.45, 2.75) is 44.2 Å². The van der Waals surface area contributed by atoms with Gasteiger partial charge >= 0.3 is 0 Å². The number of anilines is 3. The SMILES string of the molecule is Cc1ccc(Nc2nnc(S[C@H](C)C(=O)Nc3c(C)nn(C)c3C)s2)c(C)c1. The summed E-state index contributed by atoms with van der Waals surface area (Å²) in [5.41, 5.74) is 5.89. The molecule has 0 spiro atoms. The monoisotopic (exact) mass is 416 g/mol. The van der Waals surface area contributed by atoms with E-state index in [0.29, 0.717) is 5.13 Å². The number of carbonyl (C=O) groups is 1. The Morgan fingerprint density at radius 1 is 1.21 bits per heavy atom. The van der Waals surface area contributed by atoms with Crippen molar-refractivity contribution in [2.24, 2.45) is 7.05 Å². The van der Waals surface area contributed by atoms with Gasteiger partial charge in [-0.15, -0.1) is 10.2 Å². The Bertz CT molecular complexity index is 1010. The average Bonchev–Trinajstić information content (AvgIpc) is 3.16. The molecule has 0 aliphatic rings. The van der Waals surface area contributed by atoms with Gasteiger partial charge in [-0.1, -0.05) is 40.8 Å². The van der Waals surface area contributed by atoms with Crippen molar-refractivity contribution in [3.05, 3.63) is 40.7 Å². The van der Waals surface area contributed by atoms with E-state index in [9.17, 15) is 4.79 Å². The van der Waals surface area contributed by atoms with Crippen LogP contribution in [0.3, 0.4) is 0 Å². The molecule has 0 radical (unpaired) electrons. The van der Waals surface area contributed by atoms with Crippen LogP contribution >= 0.6 is 23.1 Å². The molecule has 3 aromatic rings. The van der Waals surface area contributed by atoms with Gasteiger partial charge < -0.3 is 10.6 Å².